The Morgan fingerprint density at radius 1 is 0.810 bits per heavy atom. The molecule has 0 aromatic rings. The quantitative estimate of drug-likeness (QED) is 0.794. The van der Waals surface area contributed by atoms with E-state index < -0.39 is 0 Å². The first-order valence-corrected chi connectivity index (χ1v) is 9.24. The molecular weight excluding hydrogens is 262 g/mol. The number of carbonyl (C=O) groups excluding carboxylic acids is 1. The lowest BCUT2D eigenvalue weighted by Crippen LogP contribution is -2.55. The zero-order valence-electron chi connectivity index (χ0n) is 13.3. The van der Waals surface area contributed by atoms with Gasteiger partial charge in [0, 0.05) is 24.4 Å². The van der Waals surface area contributed by atoms with E-state index in [0.29, 0.717) is 17.9 Å². The average molecular weight is 293 g/mol. The molecule has 3 rings (SSSR count). The second-order valence-corrected chi connectivity index (χ2v) is 7.39. The molecule has 1 aliphatic heterocycles. The first kappa shape index (κ1) is 15.5. The predicted molar refractivity (Wildman–Crippen MR) is 84.2 cm³/mol. The van der Waals surface area contributed by atoms with Crippen molar-refractivity contribution in [2.45, 2.75) is 95.2 Å². The van der Waals surface area contributed by atoms with E-state index in [0.717, 1.165) is 38.6 Å². The van der Waals surface area contributed by atoms with Crippen LogP contribution >= 0.6 is 0 Å². The first-order valence-electron chi connectivity index (χ1n) is 9.24. The molecule has 0 spiro atoms. The zero-order chi connectivity index (χ0) is 14.7. The van der Waals surface area contributed by atoms with Crippen molar-refractivity contribution >= 4 is 5.78 Å². The highest BCUT2D eigenvalue weighted by molar-refractivity contribution is 5.82. The van der Waals surface area contributed by atoms with Crippen LogP contribution in [0.25, 0.3) is 0 Å². The van der Waals surface area contributed by atoms with Gasteiger partial charge in [-0.25, -0.2) is 0 Å². The van der Waals surface area contributed by atoms with Crippen LogP contribution in [0.3, 0.4) is 0 Å². The minimum absolute atomic E-state index is 0.174. The highest BCUT2D eigenvalue weighted by Gasteiger charge is 2.40. The SMILES string of the molecule is O=C1CCCCC1C1CCCCN1C1CCCCCC1O. The van der Waals surface area contributed by atoms with Crippen LogP contribution in [-0.2, 0) is 4.79 Å². The maximum absolute atomic E-state index is 12.4. The molecule has 3 fully saturated rings. The van der Waals surface area contributed by atoms with Gasteiger partial charge in [-0.15, -0.1) is 0 Å². The van der Waals surface area contributed by atoms with Crippen LogP contribution < -0.4 is 0 Å². The minimum Gasteiger partial charge on any atom is -0.391 e. The molecular formula is C18H31NO2. The molecule has 21 heavy (non-hydrogen) atoms. The molecule has 3 nitrogen and oxygen atoms in total. The molecule has 3 aliphatic rings. The molecule has 2 aliphatic carbocycles. The van der Waals surface area contributed by atoms with Gasteiger partial charge in [0.05, 0.1) is 6.10 Å². The average Bonchev–Trinajstić information content (AvgIpc) is 2.72. The molecule has 1 N–H and O–H groups in total. The highest BCUT2D eigenvalue weighted by Crippen LogP contribution is 2.35. The Morgan fingerprint density at radius 3 is 2.38 bits per heavy atom. The number of aliphatic hydroxyl groups is 1. The molecule has 0 bridgehead atoms. The fourth-order valence-electron chi connectivity index (χ4n) is 4.90. The third-order valence-electron chi connectivity index (χ3n) is 6.03. The van der Waals surface area contributed by atoms with Gasteiger partial charge in [-0.3, -0.25) is 9.69 Å². The van der Waals surface area contributed by atoms with Gasteiger partial charge in [-0.2, -0.15) is 0 Å². The summed E-state index contributed by atoms with van der Waals surface area (Å²) in [5, 5.41) is 10.6. The number of rotatable bonds is 2. The lowest BCUT2D eigenvalue weighted by atomic mass is 9.78. The van der Waals surface area contributed by atoms with E-state index in [9.17, 15) is 9.90 Å². The van der Waals surface area contributed by atoms with Crippen LogP contribution in [0.1, 0.15) is 77.0 Å². The maximum Gasteiger partial charge on any atom is 0.137 e. The number of piperidine rings is 1. The molecule has 4 atom stereocenters. The number of aliphatic hydroxyl groups excluding tert-OH is 1. The van der Waals surface area contributed by atoms with E-state index in [2.05, 4.69) is 4.90 Å². The normalized spacial score (nSPS) is 40.0. The zero-order valence-corrected chi connectivity index (χ0v) is 13.3. The summed E-state index contributed by atoms with van der Waals surface area (Å²) in [5.74, 6) is 0.760. The van der Waals surface area contributed by atoms with Crippen molar-refractivity contribution in [2.24, 2.45) is 5.92 Å². The summed E-state index contributed by atoms with van der Waals surface area (Å²) in [6.07, 6.45) is 13.4. The van der Waals surface area contributed by atoms with Crippen molar-refractivity contribution in [3.63, 3.8) is 0 Å². The number of Topliss-reactive ketones (excluding diaryl/α,β-unsaturated/α-hetero) is 1. The highest BCUT2D eigenvalue weighted by atomic mass is 16.3. The van der Waals surface area contributed by atoms with E-state index in [1.807, 2.05) is 0 Å². The van der Waals surface area contributed by atoms with E-state index in [4.69, 9.17) is 0 Å². The minimum atomic E-state index is -0.174. The topological polar surface area (TPSA) is 40.5 Å². The van der Waals surface area contributed by atoms with Gasteiger partial charge < -0.3 is 5.11 Å². The largest absolute Gasteiger partial charge is 0.391 e. The van der Waals surface area contributed by atoms with Crippen LogP contribution in [-0.4, -0.2) is 40.5 Å². The first-order chi connectivity index (χ1) is 10.3. The van der Waals surface area contributed by atoms with E-state index >= 15 is 0 Å². The van der Waals surface area contributed by atoms with Gasteiger partial charge in [-0.1, -0.05) is 32.1 Å². The Morgan fingerprint density at radius 2 is 1.52 bits per heavy atom. The van der Waals surface area contributed by atoms with Gasteiger partial charge in [0.25, 0.3) is 0 Å². The van der Waals surface area contributed by atoms with Gasteiger partial charge in [0.1, 0.15) is 5.78 Å². The van der Waals surface area contributed by atoms with Crippen molar-refractivity contribution < 1.29 is 9.90 Å². The molecule has 120 valence electrons. The molecule has 0 aromatic heterocycles. The number of nitrogens with zero attached hydrogens (tertiary/aromatic N) is 1. The number of ketones is 1. The Hall–Kier alpha value is -0.410. The third-order valence-corrected chi connectivity index (χ3v) is 6.03. The Kier molecular flexibility index (Phi) is 5.33. The molecule has 1 heterocycles. The van der Waals surface area contributed by atoms with E-state index in [1.54, 1.807) is 0 Å². The Balaban J connectivity index is 1.75. The molecule has 4 unspecified atom stereocenters. The second kappa shape index (κ2) is 7.23. The van der Waals surface area contributed by atoms with E-state index in [-0.39, 0.29) is 12.0 Å². The summed E-state index contributed by atoms with van der Waals surface area (Å²) in [5.41, 5.74) is 0. The van der Waals surface area contributed by atoms with Crippen LogP contribution in [0.2, 0.25) is 0 Å². The fraction of sp³-hybridized carbons (Fsp3) is 0.944. The summed E-state index contributed by atoms with van der Waals surface area (Å²) in [6, 6.07) is 0.733. The van der Waals surface area contributed by atoms with Crippen molar-refractivity contribution in [1.82, 2.24) is 4.90 Å². The summed E-state index contributed by atoms with van der Waals surface area (Å²) in [7, 11) is 0. The number of hydrogen-bond donors (Lipinski definition) is 1. The molecule has 0 radical (unpaired) electrons. The van der Waals surface area contributed by atoms with Gasteiger partial charge in [-0.05, 0) is 45.1 Å². The van der Waals surface area contributed by atoms with E-state index in [1.165, 1.54) is 44.9 Å². The number of likely N-dealkylation sites (tertiary alicyclic amines) is 1. The summed E-state index contributed by atoms with van der Waals surface area (Å²) in [4.78, 5) is 14.9. The summed E-state index contributed by atoms with van der Waals surface area (Å²) >= 11 is 0. The molecule has 2 saturated carbocycles. The maximum atomic E-state index is 12.4. The smallest absolute Gasteiger partial charge is 0.137 e. The molecule has 1 saturated heterocycles. The van der Waals surface area contributed by atoms with Gasteiger partial charge >= 0.3 is 0 Å². The Labute approximate surface area is 129 Å². The summed E-state index contributed by atoms with van der Waals surface area (Å²) in [6.45, 7) is 1.09. The molecule has 0 amide bonds. The molecule has 0 aromatic carbocycles. The number of hydrogen-bond acceptors (Lipinski definition) is 3. The monoisotopic (exact) mass is 293 g/mol. The Bertz CT molecular complexity index is 357. The fourth-order valence-corrected chi connectivity index (χ4v) is 4.90. The molecule has 3 heteroatoms. The standard InChI is InChI=1S/C18H31NO2/c20-17-11-5-4-8-14(17)15-9-6-7-13-19(15)16-10-2-1-3-12-18(16)21/h14-16,18,21H,1-13H2. The van der Waals surface area contributed by atoms with Crippen LogP contribution in [0.15, 0.2) is 0 Å². The lowest BCUT2D eigenvalue weighted by Gasteiger charge is -2.46. The summed E-state index contributed by atoms with van der Waals surface area (Å²) < 4.78 is 0. The van der Waals surface area contributed by atoms with Crippen LogP contribution in [0.4, 0.5) is 0 Å². The lowest BCUT2D eigenvalue weighted by molar-refractivity contribution is -0.129. The predicted octanol–water partition coefficient (Wildman–Crippen LogP) is 3.29. The van der Waals surface area contributed by atoms with Crippen LogP contribution in [0, 0.1) is 5.92 Å². The van der Waals surface area contributed by atoms with Crippen molar-refractivity contribution in [3.8, 4) is 0 Å². The van der Waals surface area contributed by atoms with Crippen molar-refractivity contribution in [2.75, 3.05) is 6.54 Å². The van der Waals surface area contributed by atoms with Crippen LogP contribution in [0.5, 0.6) is 0 Å². The van der Waals surface area contributed by atoms with Gasteiger partial charge in [0.15, 0.2) is 0 Å². The van der Waals surface area contributed by atoms with Crippen molar-refractivity contribution in [3.05, 3.63) is 0 Å². The third kappa shape index (κ3) is 3.50. The van der Waals surface area contributed by atoms with Gasteiger partial charge in [0.2, 0.25) is 0 Å². The second-order valence-electron chi connectivity index (χ2n) is 7.39. The van der Waals surface area contributed by atoms with Crippen molar-refractivity contribution in [1.29, 1.82) is 0 Å². The number of carbonyl (C=O) groups is 1.